The molecule has 2 N–H and O–H groups in total. The van der Waals surface area contributed by atoms with E-state index in [-0.39, 0.29) is 23.4 Å². The molecule has 0 radical (unpaired) electrons. The third kappa shape index (κ3) is 6.21. The van der Waals surface area contributed by atoms with Crippen molar-refractivity contribution in [3.63, 3.8) is 0 Å². The highest BCUT2D eigenvalue weighted by atomic mass is 32.2. The molecule has 14 heteroatoms. The van der Waals surface area contributed by atoms with E-state index >= 15 is 0 Å². The molecule has 12 nitrogen and oxygen atoms in total. The van der Waals surface area contributed by atoms with Gasteiger partial charge in [-0.2, -0.15) is 9.97 Å². The van der Waals surface area contributed by atoms with Crippen LogP contribution in [0.3, 0.4) is 0 Å². The average molecular weight is 457 g/mol. The first-order chi connectivity index (χ1) is 14.6. The number of ether oxygens (including phenoxy) is 3. The number of esters is 1. The summed E-state index contributed by atoms with van der Waals surface area (Å²) in [7, 11) is -1.91. The summed E-state index contributed by atoms with van der Waals surface area (Å²) in [5.74, 6) is -1.02. The normalized spacial score (nSPS) is 12.9. The second-order valence-corrected chi connectivity index (χ2v) is 7.58. The first-order valence-corrected chi connectivity index (χ1v) is 10.1. The average Bonchev–Trinajstić information content (AvgIpc) is 2.70. The first kappa shape index (κ1) is 23.7. The Morgan fingerprint density at radius 1 is 1.16 bits per heavy atom. The number of urea groups is 1. The molecule has 31 heavy (non-hydrogen) atoms. The zero-order chi connectivity index (χ0) is 23.2. The lowest BCUT2D eigenvalue weighted by atomic mass is 10.1. The quantitative estimate of drug-likeness (QED) is 0.554. The predicted molar refractivity (Wildman–Crippen MR) is 104 cm³/mol. The van der Waals surface area contributed by atoms with E-state index in [1.165, 1.54) is 32.5 Å². The fourth-order valence-electron chi connectivity index (χ4n) is 2.36. The molecule has 0 fully saturated rings. The number of carbonyl (C=O) groups excluding carboxylic acids is 2. The number of methoxy groups -OCH3 is 2. The van der Waals surface area contributed by atoms with Gasteiger partial charge in [-0.15, -0.1) is 0 Å². The van der Waals surface area contributed by atoms with E-state index in [1.54, 1.807) is 4.72 Å². The Balaban J connectivity index is 2.31. The van der Waals surface area contributed by atoms with E-state index in [4.69, 9.17) is 14.2 Å². The van der Waals surface area contributed by atoms with Crippen molar-refractivity contribution in [3.8, 4) is 11.8 Å². The smallest absolute Gasteiger partial charge is 0.335 e. The van der Waals surface area contributed by atoms with Gasteiger partial charge < -0.3 is 14.2 Å². The molecule has 168 valence electrons. The third-order valence-electron chi connectivity index (χ3n) is 3.62. The van der Waals surface area contributed by atoms with Crippen LogP contribution in [0.5, 0.6) is 11.8 Å². The number of nitrogens with one attached hydrogen (secondary N) is 2. The zero-order valence-electron chi connectivity index (χ0n) is 16.9. The fourth-order valence-corrected chi connectivity index (χ4v) is 3.47. The summed E-state index contributed by atoms with van der Waals surface area (Å²) in [5.41, 5.74) is -0.382. The molecule has 0 saturated heterocycles. The van der Waals surface area contributed by atoms with Gasteiger partial charge in [0.1, 0.15) is 16.8 Å². The summed E-state index contributed by atoms with van der Waals surface area (Å²) < 4.78 is 56.0. The molecular weight excluding hydrogens is 437 g/mol. The van der Waals surface area contributed by atoms with Crippen molar-refractivity contribution in [1.82, 2.24) is 19.7 Å². The van der Waals surface area contributed by atoms with Crippen molar-refractivity contribution >= 4 is 28.0 Å². The van der Waals surface area contributed by atoms with Crippen LogP contribution in [0.1, 0.15) is 25.6 Å². The Hall–Kier alpha value is -3.55. The van der Waals surface area contributed by atoms with Crippen LogP contribution in [0.4, 0.5) is 15.1 Å². The lowest BCUT2D eigenvalue weighted by molar-refractivity contribution is -0.150. The SMILES string of the molecule is COc1cc(OC)nc(NC(=O)NS(=O)(=O)c2cccnc2[C@@H](OC(C)=O)[C@H](C)F)n1. The van der Waals surface area contributed by atoms with Gasteiger partial charge in [0, 0.05) is 13.1 Å². The number of alkyl halides is 1. The summed E-state index contributed by atoms with van der Waals surface area (Å²) in [6, 6.07) is 2.47. The van der Waals surface area contributed by atoms with Crippen LogP contribution < -0.4 is 19.5 Å². The van der Waals surface area contributed by atoms with Crippen molar-refractivity contribution in [1.29, 1.82) is 0 Å². The number of sulfonamides is 1. The third-order valence-corrected chi connectivity index (χ3v) is 5.00. The van der Waals surface area contributed by atoms with Crippen molar-refractivity contribution in [2.75, 3.05) is 19.5 Å². The summed E-state index contributed by atoms with van der Waals surface area (Å²) in [4.78, 5) is 34.5. The van der Waals surface area contributed by atoms with Crippen molar-refractivity contribution in [3.05, 3.63) is 30.1 Å². The Morgan fingerprint density at radius 2 is 1.77 bits per heavy atom. The van der Waals surface area contributed by atoms with Crippen molar-refractivity contribution in [2.24, 2.45) is 0 Å². The topological polar surface area (TPSA) is 159 Å². The van der Waals surface area contributed by atoms with Crippen LogP contribution in [0.2, 0.25) is 0 Å². The molecule has 0 aliphatic rings. The van der Waals surface area contributed by atoms with Gasteiger partial charge in [0.15, 0.2) is 6.10 Å². The standard InChI is InChI=1S/C17H20FN5O7S/c1-9(18)15(30-10(2)24)14-11(6-5-7-19-14)31(26,27)23-17(25)22-16-20-12(28-3)8-13(21-16)29-4/h5-9,15H,1-4H3,(H2,20,21,22,23,25)/t9-,15-/m0/s1. The van der Waals surface area contributed by atoms with Crippen molar-refractivity contribution in [2.45, 2.75) is 31.0 Å². The van der Waals surface area contributed by atoms with Gasteiger partial charge in [-0.05, 0) is 19.1 Å². The monoisotopic (exact) mass is 457 g/mol. The first-order valence-electron chi connectivity index (χ1n) is 8.64. The number of halogens is 1. The molecule has 2 amide bonds. The summed E-state index contributed by atoms with van der Waals surface area (Å²) in [6.45, 7) is 2.12. The van der Waals surface area contributed by atoms with E-state index in [9.17, 15) is 22.4 Å². The number of rotatable bonds is 8. The largest absolute Gasteiger partial charge is 0.481 e. The van der Waals surface area contributed by atoms with Crippen LogP contribution >= 0.6 is 0 Å². The Bertz CT molecular complexity index is 1040. The lowest BCUT2D eigenvalue weighted by Crippen LogP contribution is -2.36. The maximum absolute atomic E-state index is 14.0. The molecule has 0 bridgehead atoms. The van der Waals surface area contributed by atoms with Crippen LogP contribution in [-0.2, 0) is 19.6 Å². The number of anilines is 1. The minimum Gasteiger partial charge on any atom is -0.481 e. The van der Waals surface area contributed by atoms with Crippen LogP contribution in [0.15, 0.2) is 29.3 Å². The van der Waals surface area contributed by atoms with Gasteiger partial charge >= 0.3 is 12.0 Å². The predicted octanol–water partition coefficient (Wildman–Crippen LogP) is 1.36. The van der Waals surface area contributed by atoms with E-state index < -0.39 is 39.2 Å². The van der Waals surface area contributed by atoms with Gasteiger partial charge in [0.25, 0.3) is 10.0 Å². The van der Waals surface area contributed by atoms with E-state index in [1.807, 2.05) is 0 Å². The molecule has 2 heterocycles. The number of carbonyl (C=O) groups is 2. The molecule has 0 aliphatic heterocycles. The molecule has 0 aliphatic carbocycles. The second kappa shape index (κ2) is 9.97. The molecule has 2 aromatic rings. The van der Waals surface area contributed by atoms with E-state index in [0.717, 1.165) is 19.9 Å². The minimum atomic E-state index is -4.56. The number of aromatic nitrogens is 3. The van der Waals surface area contributed by atoms with Crippen LogP contribution in [-0.4, -0.2) is 55.8 Å². The van der Waals surface area contributed by atoms with Crippen molar-refractivity contribution < 1.29 is 36.6 Å². The maximum Gasteiger partial charge on any atom is 0.335 e. The van der Waals surface area contributed by atoms with E-state index in [0.29, 0.717) is 0 Å². The zero-order valence-corrected chi connectivity index (χ0v) is 17.8. The Morgan fingerprint density at radius 3 is 2.29 bits per heavy atom. The maximum atomic E-state index is 14.0. The fraction of sp³-hybridized carbons (Fsp3) is 0.353. The van der Waals surface area contributed by atoms with Gasteiger partial charge in [0.2, 0.25) is 17.7 Å². The van der Waals surface area contributed by atoms with Gasteiger partial charge in [0.05, 0.1) is 20.3 Å². The highest BCUT2D eigenvalue weighted by Crippen LogP contribution is 2.27. The van der Waals surface area contributed by atoms with Gasteiger partial charge in [-0.3, -0.25) is 15.1 Å². The molecule has 2 rings (SSSR count). The molecule has 0 saturated carbocycles. The minimum absolute atomic E-state index is 0.0562. The highest BCUT2D eigenvalue weighted by molar-refractivity contribution is 7.90. The summed E-state index contributed by atoms with van der Waals surface area (Å²) in [6.07, 6.45) is -2.18. The molecule has 0 unspecified atom stereocenters. The van der Waals surface area contributed by atoms with E-state index in [2.05, 4.69) is 20.3 Å². The molecular formula is C17H20FN5O7S. The van der Waals surface area contributed by atoms with Gasteiger partial charge in [-0.25, -0.2) is 22.3 Å². The molecule has 2 atom stereocenters. The van der Waals surface area contributed by atoms with Crippen LogP contribution in [0.25, 0.3) is 0 Å². The second-order valence-electron chi connectivity index (χ2n) is 5.93. The lowest BCUT2D eigenvalue weighted by Gasteiger charge is -2.20. The molecule has 0 aromatic carbocycles. The van der Waals surface area contributed by atoms with Crippen LogP contribution in [0, 0.1) is 0 Å². The molecule has 2 aromatic heterocycles. The van der Waals surface area contributed by atoms with Gasteiger partial charge in [-0.1, -0.05) is 0 Å². The number of nitrogens with zero attached hydrogens (tertiary/aromatic N) is 3. The number of pyridine rings is 1. The summed E-state index contributed by atoms with van der Waals surface area (Å²) in [5, 5.41) is 2.13. The highest BCUT2D eigenvalue weighted by Gasteiger charge is 2.32. The number of hydrogen-bond acceptors (Lipinski definition) is 10. The number of amides is 2. The Labute approximate surface area is 177 Å². The number of hydrogen-bond donors (Lipinski definition) is 2. The molecule has 0 spiro atoms. The Kier molecular flexibility index (Phi) is 7.63. The summed E-state index contributed by atoms with van der Waals surface area (Å²) >= 11 is 0.